The Morgan fingerprint density at radius 3 is 1.14 bits per heavy atom. The van der Waals surface area contributed by atoms with Gasteiger partial charge >= 0.3 is 51.9 Å². The minimum atomic E-state index is -4.23. The zero-order valence-electron chi connectivity index (χ0n) is 29.7. The van der Waals surface area contributed by atoms with Gasteiger partial charge in [-0.1, -0.05) is 168 Å². The van der Waals surface area contributed by atoms with Gasteiger partial charge in [-0.25, -0.2) is 13.8 Å². The minimum absolute atomic E-state index is 0. The number of unbranched alkanes of at least 4 members (excludes halogenated alkanes) is 24. The fraction of sp³-hybridized carbons (Fsp3) is 0.882. The van der Waals surface area contributed by atoms with Gasteiger partial charge < -0.3 is 11.3 Å². The molecule has 0 saturated carbocycles. The second-order valence-corrected chi connectivity index (χ2v) is 12.7. The van der Waals surface area contributed by atoms with Crippen LogP contribution in [0.3, 0.4) is 0 Å². The van der Waals surface area contributed by atoms with E-state index < -0.39 is 22.3 Å². The number of hydrogen-bond donors (Lipinski definition) is 2. The molecule has 0 heterocycles. The predicted octanol–water partition coefficient (Wildman–Crippen LogP) is 7.28. The first-order chi connectivity index (χ1) is 20.7. The van der Waals surface area contributed by atoms with Gasteiger partial charge in [0, 0.05) is 12.2 Å². The van der Waals surface area contributed by atoms with E-state index >= 15 is 0 Å². The van der Waals surface area contributed by atoms with Gasteiger partial charge in [0.1, 0.15) is 0 Å². The van der Waals surface area contributed by atoms with E-state index in [0.717, 1.165) is 37.8 Å². The molecule has 0 radical (unpaired) electrons. The van der Waals surface area contributed by atoms with Crippen molar-refractivity contribution in [1.82, 2.24) is 0 Å². The topological polar surface area (TPSA) is 127 Å². The molecule has 0 aliphatic carbocycles. The molecule has 0 rings (SSSR count). The van der Waals surface area contributed by atoms with E-state index in [1.54, 1.807) is 0 Å². The van der Waals surface area contributed by atoms with Crippen molar-refractivity contribution < 1.29 is 67.6 Å². The van der Waals surface area contributed by atoms with Gasteiger partial charge in [0.25, 0.3) is 0 Å². The smallest absolute Gasteiger partial charge is 1.00 e. The molecule has 0 atom stereocenters. The van der Waals surface area contributed by atoms with Crippen LogP contribution in [0.5, 0.6) is 0 Å². The zero-order valence-corrected chi connectivity index (χ0v) is 31.5. The Morgan fingerprint density at radius 1 is 0.545 bits per heavy atom. The van der Waals surface area contributed by atoms with Gasteiger partial charge in [0.05, 0.1) is 13.2 Å². The number of esters is 1. The normalized spacial score (nSPS) is 11.2. The summed E-state index contributed by atoms with van der Waals surface area (Å²) >= 11 is 0. The summed E-state index contributed by atoms with van der Waals surface area (Å²) < 4.78 is 37.9. The first-order valence-corrected chi connectivity index (χ1v) is 18.8. The van der Waals surface area contributed by atoms with Crippen LogP contribution in [0.4, 0.5) is 0 Å². The first-order valence-electron chi connectivity index (χ1n) is 17.4. The minimum Gasteiger partial charge on any atom is -1.00 e. The van der Waals surface area contributed by atoms with Crippen molar-refractivity contribution in [3.63, 3.8) is 0 Å². The van der Waals surface area contributed by atoms with Gasteiger partial charge in [-0.05, 0) is 12.8 Å². The van der Waals surface area contributed by atoms with Crippen molar-refractivity contribution in [3.8, 4) is 0 Å². The molecule has 10 heteroatoms. The van der Waals surface area contributed by atoms with Crippen LogP contribution in [0, 0.1) is 0 Å². The largest absolute Gasteiger partial charge is 1.00 e. The van der Waals surface area contributed by atoms with E-state index in [4.69, 9.17) is 14.4 Å². The van der Waals surface area contributed by atoms with Gasteiger partial charge in [-0.3, -0.25) is 4.55 Å². The number of carboxylic acids is 1. The molecule has 0 aliphatic heterocycles. The van der Waals surface area contributed by atoms with Crippen LogP contribution in [0.1, 0.15) is 182 Å². The van der Waals surface area contributed by atoms with Crippen LogP contribution in [0.25, 0.3) is 0 Å². The Kier molecular flexibility index (Phi) is 42.2. The molecule has 44 heavy (non-hydrogen) atoms. The molecule has 0 aromatic heterocycles. The summed E-state index contributed by atoms with van der Waals surface area (Å²) in [5, 5.41) is 8.39. The summed E-state index contributed by atoms with van der Waals surface area (Å²) in [6.07, 6.45) is 34.6. The van der Waals surface area contributed by atoms with E-state index in [-0.39, 0.29) is 37.6 Å². The van der Waals surface area contributed by atoms with E-state index in [0.29, 0.717) is 13.0 Å². The SMILES string of the molecule is CCCCCCCCCCCCCCCCCCOC(=O)/C=C/C(=O)O.CCCCCCCCCCCCOS(=O)(=O)O.[H-].[Na+]. The summed E-state index contributed by atoms with van der Waals surface area (Å²) in [6.45, 7) is 4.95. The van der Waals surface area contributed by atoms with Crippen molar-refractivity contribution in [3.05, 3.63) is 12.2 Å². The molecule has 2 N–H and O–H groups in total. The van der Waals surface area contributed by atoms with Gasteiger partial charge in [0.2, 0.25) is 0 Å². The monoisotopic (exact) mass is 658 g/mol. The number of carbonyl (C=O) groups is 2. The summed E-state index contributed by atoms with van der Waals surface area (Å²) in [5.41, 5.74) is 0. The van der Waals surface area contributed by atoms with Gasteiger partial charge in [-0.2, -0.15) is 8.42 Å². The van der Waals surface area contributed by atoms with Crippen LogP contribution in [-0.4, -0.2) is 43.2 Å². The van der Waals surface area contributed by atoms with Crippen molar-refractivity contribution in [1.29, 1.82) is 0 Å². The molecular weight excluding hydrogens is 591 g/mol. The maximum absolute atomic E-state index is 11.1. The molecule has 0 aromatic carbocycles. The Hall–Kier alpha value is -0.450. The zero-order chi connectivity index (χ0) is 32.3. The number of hydrogen-bond acceptors (Lipinski definition) is 6. The summed E-state index contributed by atoms with van der Waals surface area (Å²) in [7, 11) is -4.23. The Balaban J connectivity index is -0.000000387. The molecule has 0 aliphatic rings. The standard InChI is InChI=1S/C22H40O4.C12H26O4S.Na.H/c1-2-3-4-5-6-7-8-9-10-11-12-13-14-15-16-17-20-26-22(25)19-18-21(23)24;1-2-3-4-5-6-7-8-9-10-11-12-16-17(13,14)15;;/h18-19H,2-17,20H2,1H3,(H,23,24);2-12H2,1H3,(H,13,14,15);;/q;;+1;-1/b19-18+;;;. The van der Waals surface area contributed by atoms with Crippen LogP contribution >= 0.6 is 0 Å². The third kappa shape index (κ3) is 48.5. The van der Waals surface area contributed by atoms with E-state index in [1.807, 2.05) is 0 Å². The summed E-state index contributed by atoms with van der Waals surface area (Å²) in [6, 6.07) is 0. The molecule has 0 spiro atoms. The van der Waals surface area contributed by atoms with Crippen molar-refractivity contribution in [2.24, 2.45) is 0 Å². The van der Waals surface area contributed by atoms with E-state index in [2.05, 4.69) is 18.0 Å². The van der Waals surface area contributed by atoms with Crippen molar-refractivity contribution in [2.45, 2.75) is 181 Å². The fourth-order valence-corrected chi connectivity index (χ4v) is 5.09. The number of rotatable bonds is 31. The average molecular weight is 659 g/mol. The molecular formula is C34H67NaO8S. The molecule has 0 fully saturated rings. The fourth-order valence-electron chi connectivity index (χ4n) is 4.76. The van der Waals surface area contributed by atoms with E-state index in [1.165, 1.54) is 135 Å². The number of carbonyl (C=O) groups excluding carboxylic acids is 1. The number of carboxylic acid groups (broad SMARTS) is 1. The molecule has 258 valence electrons. The Bertz CT molecular complexity index is 750. The van der Waals surface area contributed by atoms with Crippen LogP contribution in [0.2, 0.25) is 0 Å². The van der Waals surface area contributed by atoms with Crippen molar-refractivity contribution >= 4 is 22.3 Å². The van der Waals surface area contributed by atoms with Gasteiger partial charge in [0.15, 0.2) is 0 Å². The molecule has 0 aromatic rings. The maximum Gasteiger partial charge on any atom is 1.00 e. The Morgan fingerprint density at radius 2 is 0.841 bits per heavy atom. The van der Waals surface area contributed by atoms with Gasteiger partial charge in [-0.15, -0.1) is 0 Å². The molecule has 0 amide bonds. The Labute approximate surface area is 294 Å². The molecule has 8 nitrogen and oxygen atoms in total. The summed E-state index contributed by atoms with van der Waals surface area (Å²) in [4.78, 5) is 21.4. The van der Waals surface area contributed by atoms with Crippen molar-refractivity contribution in [2.75, 3.05) is 13.2 Å². The number of aliphatic carboxylic acids is 1. The quantitative estimate of drug-likeness (QED) is 0.0262. The number of ether oxygens (including phenoxy) is 1. The van der Waals surface area contributed by atoms with Crippen LogP contribution in [0.15, 0.2) is 12.2 Å². The average Bonchev–Trinajstić information content (AvgIpc) is 2.96. The summed E-state index contributed by atoms with van der Waals surface area (Å²) in [5.74, 6) is -1.71. The molecule has 0 unspecified atom stereocenters. The second kappa shape index (κ2) is 38.7. The predicted molar refractivity (Wildman–Crippen MR) is 178 cm³/mol. The van der Waals surface area contributed by atoms with E-state index in [9.17, 15) is 18.0 Å². The van der Waals surface area contributed by atoms with Crippen LogP contribution in [-0.2, 0) is 28.9 Å². The third-order valence-electron chi connectivity index (χ3n) is 7.33. The maximum atomic E-state index is 11.1. The van der Waals surface area contributed by atoms with Crippen LogP contribution < -0.4 is 29.6 Å². The third-order valence-corrected chi connectivity index (χ3v) is 7.80. The molecule has 0 bridgehead atoms. The first kappa shape index (κ1) is 48.0. The second-order valence-electron chi connectivity index (χ2n) is 11.6. The molecule has 0 saturated heterocycles.